The van der Waals surface area contributed by atoms with Gasteiger partial charge in [0.1, 0.15) is 5.00 Å². The minimum absolute atomic E-state index is 0.106. The summed E-state index contributed by atoms with van der Waals surface area (Å²) in [6, 6.07) is 8.10. The van der Waals surface area contributed by atoms with Crippen molar-refractivity contribution in [3.8, 4) is 0 Å². The zero-order valence-electron chi connectivity index (χ0n) is 16.7. The lowest BCUT2D eigenvalue weighted by Crippen LogP contribution is -2.16. The van der Waals surface area contributed by atoms with Crippen LogP contribution in [0.4, 0.5) is 5.00 Å². The van der Waals surface area contributed by atoms with Crippen molar-refractivity contribution in [2.24, 2.45) is 0 Å². The number of rotatable bonds is 6. The Morgan fingerprint density at radius 1 is 1.14 bits per heavy atom. The molecule has 1 aliphatic rings. The van der Waals surface area contributed by atoms with Crippen molar-refractivity contribution in [3.63, 3.8) is 0 Å². The summed E-state index contributed by atoms with van der Waals surface area (Å²) in [5.41, 5.74) is 2.59. The Morgan fingerprint density at radius 2 is 1.86 bits per heavy atom. The number of amides is 1. The van der Waals surface area contributed by atoms with E-state index in [-0.39, 0.29) is 18.3 Å². The molecule has 0 fully saturated rings. The molecule has 1 aliphatic carbocycles. The van der Waals surface area contributed by atoms with Gasteiger partial charge in [-0.25, -0.2) is 4.79 Å². The number of carbonyl (C=O) groups is 2. The molecule has 1 heterocycles. The van der Waals surface area contributed by atoms with Gasteiger partial charge >= 0.3 is 5.97 Å². The number of hydrogen-bond acceptors (Lipinski definition) is 5. The van der Waals surface area contributed by atoms with Crippen LogP contribution in [0.15, 0.2) is 29.2 Å². The second-order valence-electron chi connectivity index (χ2n) is 7.30. The zero-order chi connectivity index (χ0) is 20.1. The van der Waals surface area contributed by atoms with Gasteiger partial charge in [0.15, 0.2) is 0 Å². The molecule has 1 N–H and O–H groups in total. The quantitative estimate of drug-likeness (QED) is 0.384. The Labute approximate surface area is 175 Å². The van der Waals surface area contributed by atoms with Crippen LogP contribution in [0.5, 0.6) is 0 Å². The third-order valence-electron chi connectivity index (χ3n) is 4.72. The highest BCUT2D eigenvalue weighted by Gasteiger charge is 2.26. The molecule has 0 aliphatic heterocycles. The fourth-order valence-electron chi connectivity index (χ4n) is 3.46. The van der Waals surface area contributed by atoms with E-state index in [0.29, 0.717) is 15.8 Å². The van der Waals surface area contributed by atoms with Crippen LogP contribution in [0.25, 0.3) is 0 Å². The second kappa shape index (κ2) is 9.61. The molecule has 2 aromatic rings. The number of fused-ring (bicyclic) bond motifs is 1. The molecule has 0 spiro atoms. The lowest BCUT2D eigenvalue weighted by Gasteiger charge is -2.08. The molecular weight excluding hydrogens is 390 g/mol. The van der Waals surface area contributed by atoms with E-state index in [0.717, 1.165) is 36.8 Å². The Balaban J connectivity index is 1.74. The van der Waals surface area contributed by atoms with Gasteiger partial charge in [0.25, 0.3) is 0 Å². The predicted molar refractivity (Wildman–Crippen MR) is 117 cm³/mol. The van der Waals surface area contributed by atoms with Crippen LogP contribution in [0.3, 0.4) is 0 Å². The van der Waals surface area contributed by atoms with Gasteiger partial charge < -0.3 is 10.1 Å². The fourth-order valence-corrected chi connectivity index (χ4v) is 5.59. The minimum atomic E-state index is -0.357. The third kappa shape index (κ3) is 5.17. The first-order chi connectivity index (χ1) is 13.5. The number of ether oxygens (including phenoxy) is 1. The van der Waals surface area contributed by atoms with Gasteiger partial charge in [-0.15, -0.1) is 23.1 Å². The highest BCUT2D eigenvalue weighted by Crippen LogP contribution is 2.38. The van der Waals surface area contributed by atoms with Crippen LogP contribution in [0.2, 0.25) is 0 Å². The molecule has 3 rings (SSSR count). The van der Waals surface area contributed by atoms with Gasteiger partial charge in [0.05, 0.1) is 19.1 Å². The molecule has 28 heavy (non-hydrogen) atoms. The van der Waals surface area contributed by atoms with Crippen molar-refractivity contribution in [1.29, 1.82) is 0 Å². The minimum Gasteiger partial charge on any atom is -0.465 e. The summed E-state index contributed by atoms with van der Waals surface area (Å²) < 4.78 is 5.00. The summed E-state index contributed by atoms with van der Waals surface area (Å²) in [4.78, 5) is 27.4. The fraction of sp³-hybridized carbons (Fsp3) is 0.455. The largest absolute Gasteiger partial charge is 0.465 e. The Morgan fingerprint density at radius 3 is 2.54 bits per heavy atom. The van der Waals surface area contributed by atoms with E-state index < -0.39 is 0 Å². The van der Waals surface area contributed by atoms with E-state index in [1.807, 2.05) is 12.1 Å². The van der Waals surface area contributed by atoms with Crippen molar-refractivity contribution >= 4 is 40.0 Å². The zero-order valence-corrected chi connectivity index (χ0v) is 18.3. The summed E-state index contributed by atoms with van der Waals surface area (Å²) in [5, 5.41) is 4.13. The van der Waals surface area contributed by atoms with Gasteiger partial charge in [0, 0.05) is 15.0 Å². The van der Waals surface area contributed by atoms with Crippen LogP contribution in [-0.4, -0.2) is 24.2 Å². The Hall–Kier alpha value is -1.79. The number of esters is 1. The molecule has 0 saturated carbocycles. The lowest BCUT2D eigenvalue weighted by atomic mass is 10.1. The van der Waals surface area contributed by atoms with Crippen LogP contribution < -0.4 is 5.32 Å². The molecule has 1 aromatic carbocycles. The maximum atomic E-state index is 12.6. The summed E-state index contributed by atoms with van der Waals surface area (Å²) in [6.07, 6.45) is 5.50. The van der Waals surface area contributed by atoms with Crippen LogP contribution in [0, 0.1) is 0 Å². The smallest absolute Gasteiger partial charge is 0.341 e. The van der Waals surface area contributed by atoms with Crippen molar-refractivity contribution in [3.05, 3.63) is 45.8 Å². The van der Waals surface area contributed by atoms with Crippen molar-refractivity contribution in [1.82, 2.24) is 0 Å². The van der Waals surface area contributed by atoms with Crippen molar-refractivity contribution in [2.75, 3.05) is 12.4 Å². The average molecular weight is 418 g/mol. The predicted octanol–water partition coefficient (Wildman–Crippen LogP) is 5.49. The first kappa shape index (κ1) is 20.9. The molecule has 1 amide bonds. The molecule has 0 saturated heterocycles. The molecule has 4 nitrogen and oxygen atoms in total. The summed E-state index contributed by atoms with van der Waals surface area (Å²) in [6.45, 7) is 4.32. The van der Waals surface area contributed by atoms with Gasteiger partial charge in [-0.2, -0.15) is 0 Å². The monoisotopic (exact) mass is 417 g/mol. The number of nitrogens with one attached hydrogen (secondary N) is 1. The number of hydrogen-bond donors (Lipinski definition) is 1. The lowest BCUT2D eigenvalue weighted by molar-refractivity contribution is -0.115. The molecule has 0 radical (unpaired) electrons. The van der Waals surface area contributed by atoms with Gasteiger partial charge in [0.2, 0.25) is 5.91 Å². The van der Waals surface area contributed by atoms with E-state index >= 15 is 0 Å². The van der Waals surface area contributed by atoms with Gasteiger partial charge in [-0.1, -0.05) is 32.4 Å². The number of carbonyl (C=O) groups excluding carboxylic acids is 2. The third-order valence-corrected chi connectivity index (χ3v) is 6.95. The Bertz CT molecular complexity index is 840. The van der Waals surface area contributed by atoms with E-state index in [1.165, 1.54) is 34.6 Å². The topological polar surface area (TPSA) is 55.4 Å². The summed E-state index contributed by atoms with van der Waals surface area (Å²) in [7, 11) is 1.39. The molecular formula is C22H27NO3S2. The molecule has 150 valence electrons. The van der Waals surface area contributed by atoms with Crippen molar-refractivity contribution in [2.45, 2.75) is 62.5 Å². The molecule has 0 atom stereocenters. The number of methoxy groups -OCH3 is 1. The van der Waals surface area contributed by atoms with Gasteiger partial charge in [-0.05, 0) is 48.9 Å². The van der Waals surface area contributed by atoms with Crippen molar-refractivity contribution < 1.29 is 14.3 Å². The van der Waals surface area contributed by atoms with Gasteiger partial charge in [-0.3, -0.25) is 4.79 Å². The van der Waals surface area contributed by atoms with E-state index in [2.05, 4.69) is 31.3 Å². The number of anilines is 1. The van der Waals surface area contributed by atoms with Crippen LogP contribution in [0.1, 0.15) is 59.5 Å². The number of thiophene rings is 1. The molecule has 0 unspecified atom stereocenters. The van der Waals surface area contributed by atoms with E-state index in [1.54, 1.807) is 11.8 Å². The normalized spacial score (nSPS) is 13.7. The molecule has 0 bridgehead atoms. The number of thioether (sulfide) groups is 1. The SMILES string of the molecule is COC(=O)c1c(NC(=O)Cc2ccc(SC(C)C)cc2)sc2c1CCCCC2. The highest BCUT2D eigenvalue weighted by atomic mass is 32.2. The Kier molecular flexibility index (Phi) is 7.18. The summed E-state index contributed by atoms with van der Waals surface area (Å²) >= 11 is 3.33. The standard InChI is InChI=1S/C22H27NO3S2/c1-14(2)27-16-11-9-15(10-12-16)13-19(24)23-21-20(22(25)26-3)17-7-5-4-6-8-18(17)28-21/h9-12,14H,4-8,13H2,1-3H3,(H,23,24). The number of aryl methyl sites for hydroxylation is 1. The molecule has 6 heteroatoms. The van der Waals surface area contributed by atoms with Crippen LogP contribution >= 0.6 is 23.1 Å². The first-order valence-corrected chi connectivity index (χ1v) is 11.5. The maximum Gasteiger partial charge on any atom is 0.341 e. The highest BCUT2D eigenvalue weighted by molar-refractivity contribution is 7.99. The summed E-state index contributed by atoms with van der Waals surface area (Å²) in [5.74, 6) is -0.462. The maximum absolute atomic E-state index is 12.6. The average Bonchev–Trinajstić information content (AvgIpc) is 2.83. The number of benzene rings is 1. The first-order valence-electron chi connectivity index (χ1n) is 9.76. The van der Waals surface area contributed by atoms with Crippen LogP contribution in [-0.2, 0) is 28.8 Å². The van der Waals surface area contributed by atoms with E-state index in [9.17, 15) is 9.59 Å². The van der Waals surface area contributed by atoms with E-state index in [4.69, 9.17) is 4.74 Å². The molecule has 1 aromatic heterocycles. The second-order valence-corrected chi connectivity index (χ2v) is 10.1.